The van der Waals surface area contributed by atoms with Gasteiger partial charge >= 0.3 is 0 Å². The van der Waals surface area contributed by atoms with E-state index < -0.39 is 0 Å². The van der Waals surface area contributed by atoms with Gasteiger partial charge < -0.3 is 10.0 Å². The van der Waals surface area contributed by atoms with E-state index in [1.807, 2.05) is 6.92 Å². The maximum atomic E-state index is 8.98. The van der Waals surface area contributed by atoms with E-state index in [2.05, 4.69) is 19.8 Å². The Kier molecular flexibility index (Phi) is 4.74. The van der Waals surface area contributed by atoms with E-state index in [-0.39, 0.29) is 6.61 Å². The molecule has 0 amide bonds. The highest BCUT2D eigenvalue weighted by Gasteiger charge is 2.17. The van der Waals surface area contributed by atoms with Crippen molar-refractivity contribution in [3.8, 4) is 0 Å². The fourth-order valence-corrected chi connectivity index (χ4v) is 2.41. The predicted molar refractivity (Wildman–Crippen MR) is 72.1 cm³/mol. The molecule has 18 heavy (non-hydrogen) atoms. The van der Waals surface area contributed by atoms with E-state index in [1.165, 1.54) is 0 Å². The molecule has 0 saturated carbocycles. The Hall–Kier alpha value is -0.910. The van der Waals surface area contributed by atoms with Crippen LogP contribution in [0.5, 0.6) is 0 Å². The monoisotopic (exact) mass is 270 g/mol. The van der Waals surface area contributed by atoms with E-state index in [0.717, 1.165) is 50.5 Å². The quantitative estimate of drug-likeness (QED) is 0.829. The lowest BCUT2D eigenvalue weighted by molar-refractivity contribution is 0.204. The van der Waals surface area contributed by atoms with Crippen molar-refractivity contribution in [2.75, 3.05) is 44.2 Å². The van der Waals surface area contributed by atoms with Crippen molar-refractivity contribution in [2.45, 2.75) is 13.3 Å². The van der Waals surface area contributed by atoms with E-state index in [4.69, 9.17) is 16.7 Å². The molecule has 100 valence electrons. The first kappa shape index (κ1) is 13.5. The number of aryl methyl sites for hydroxylation is 1. The fraction of sp³-hybridized carbons (Fsp3) is 0.667. The van der Waals surface area contributed by atoms with Gasteiger partial charge in [0, 0.05) is 37.9 Å². The Bertz CT molecular complexity index is 402. The summed E-state index contributed by atoms with van der Waals surface area (Å²) in [4.78, 5) is 12.8. The number of hydrogen-bond donors (Lipinski definition) is 1. The van der Waals surface area contributed by atoms with Gasteiger partial charge in [0.15, 0.2) is 0 Å². The molecule has 1 aliphatic rings. The maximum absolute atomic E-state index is 8.98. The highest BCUT2D eigenvalue weighted by molar-refractivity contribution is 6.28. The first-order valence-corrected chi connectivity index (χ1v) is 6.66. The van der Waals surface area contributed by atoms with Gasteiger partial charge in [0.05, 0.1) is 6.61 Å². The second-order valence-electron chi connectivity index (χ2n) is 4.55. The summed E-state index contributed by atoms with van der Waals surface area (Å²) in [6.07, 6.45) is 2.84. The van der Waals surface area contributed by atoms with Crippen LogP contribution in [0.1, 0.15) is 12.0 Å². The summed E-state index contributed by atoms with van der Waals surface area (Å²) in [7, 11) is 0. The number of aromatic nitrogens is 2. The molecule has 0 atom stereocenters. The number of β-amino-alcohol motifs (C(OH)–C–C–N with tert-alkyl or cyclic N) is 1. The number of anilines is 1. The van der Waals surface area contributed by atoms with Crippen molar-refractivity contribution in [2.24, 2.45) is 0 Å². The van der Waals surface area contributed by atoms with Gasteiger partial charge in [0.25, 0.3) is 0 Å². The van der Waals surface area contributed by atoms with Crippen molar-refractivity contribution in [1.82, 2.24) is 14.9 Å². The van der Waals surface area contributed by atoms with Crippen molar-refractivity contribution >= 4 is 17.4 Å². The normalized spacial score (nSPS) is 17.8. The number of rotatable bonds is 3. The Morgan fingerprint density at radius 2 is 2.17 bits per heavy atom. The van der Waals surface area contributed by atoms with Crippen LogP contribution in [0.15, 0.2) is 6.20 Å². The molecule has 1 saturated heterocycles. The third-order valence-corrected chi connectivity index (χ3v) is 3.40. The molecule has 0 aliphatic carbocycles. The SMILES string of the molecule is Cc1cnc(Cl)nc1N1CCCN(CCO)CC1. The number of aliphatic hydroxyl groups excluding tert-OH is 1. The van der Waals surface area contributed by atoms with Crippen molar-refractivity contribution in [3.63, 3.8) is 0 Å². The highest BCUT2D eigenvalue weighted by Crippen LogP contribution is 2.19. The van der Waals surface area contributed by atoms with E-state index >= 15 is 0 Å². The molecule has 0 unspecified atom stereocenters. The summed E-state index contributed by atoms with van der Waals surface area (Å²) >= 11 is 5.86. The highest BCUT2D eigenvalue weighted by atomic mass is 35.5. The number of halogens is 1. The van der Waals surface area contributed by atoms with Crippen LogP contribution in [-0.4, -0.2) is 59.3 Å². The van der Waals surface area contributed by atoms with Crippen LogP contribution in [0, 0.1) is 6.92 Å². The zero-order valence-electron chi connectivity index (χ0n) is 10.6. The van der Waals surface area contributed by atoms with Crippen LogP contribution in [-0.2, 0) is 0 Å². The number of nitrogens with zero attached hydrogens (tertiary/aromatic N) is 4. The van der Waals surface area contributed by atoms with Gasteiger partial charge in [-0.25, -0.2) is 9.97 Å². The average Bonchev–Trinajstić information content (AvgIpc) is 2.58. The summed E-state index contributed by atoms with van der Waals surface area (Å²) < 4.78 is 0. The van der Waals surface area contributed by atoms with Crippen LogP contribution in [0.25, 0.3) is 0 Å². The third kappa shape index (κ3) is 3.31. The molecule has 1 aromatic rings. The largest absolute Gasteiger partial charge is 0.395 e. The molecule has 5 nitrogen and oxygen atoms in total. The van der Waals surface area contributed by atoms with E-state index in [0.29, 0.717) is 5.28 Å². The first-order valence-electron chi connectivity index (χ1n) is 6.28. The van der Waals surface area contributed by atoms with E-state index in [1.54, 1.807) is 6.20 Å². The zero-order chi connectivity index (χ0) is 13.0. The van der Waals surface area contributed by atoms with E-state index in [9.17, 15) is 0 Å². The molecule has 1 N–H and O–H groups in total. The Labute approximate surface area is 112 Å². The molecule has 0 radical (unpaired) electrons. The van der Waals surface area contributed by atoms with Crippen LogP contribution in [0.3, 0.4) is 0 Å². The second kappa shape index (κ2) is 6.31. The Balaban J connectivity index is 2.07. The zero-order valence-corrected chi connectivity index (χ0v) is 11.4. The van der Waals surface area contributed by atoms with Gasteiger partial charge in [-0.1, -0.05) is 0 Å². The number of aliphatic hydroxyl groups is 1. The molecule has 2 heterocycles. The smallest absolute Gasteiger partial charge is 0.224 e. The Morgan fingerprint density at radius 3 is 2.94 bits per heavy atom. The average molecular weight is 271 g/mol. The molecule has 0 spiro atoms. The standard InChI is InChI=1S/C12H19ClN4O/c1-10-9-14-12(13)15-11(10)17-4-2-3-16(5-6-17)7-8-18/h9,18H,2-8H2,1H3. The fourth-order valence-electron chi connectivity index (χ4n) is 2.28. The predicted octanol–water partition coefficient (Wildman–Crippen LogP) is 0.943. The van der Waals surface area contributed by atoms with Gasteiger partial charge in [-0.3, -0.25) is 4.90 Å². The maximum Gasteiger partial charge on any atom is 0.224 e. The molecule has 0 bridgehead atoms. The lowest BCUT2D eigenvalue weighted by Gasteiger charge is -2.23. The van der Waals surface area contributed by atoms with Crippen molar-refractivity contribution in [3.05, 3.63) is 17.0 Å². The molecule has 6 heteroatoms. The Morgan fingerprint density at radius 1 is 1.33 bits per heavy atom. The van der Waals surface area contributed by atoms with Gasteiger partial charge in [-0.15, -0.1) is 0 Å². The topological polar surface area (TPSA) is 52.5 Å². The van der Waals surface area contributed by atoms with Crippen LogP contribution in [0.2, 0.25) is 5.28 Å². The van der Waals surface area contributed by atoms with Gasteiger partial charge in [-0.05, 0) is 31.5 Å². The van der Waals surface area contributed by atoms with Crippen LogP contribution in [0.4, 0.5) is 5.82 Å². The minimum absolute atomic E-state index is 0.221. The van der Waals surface area contributed by atoms with Gasteiger partial charge in [-0.2, -0.15) is 0 Å². The summed E-state index contributed by atoms with van der Waals surface area (Å²) in [5.41, 5.74) is 1.05. The minimum Gasteiger partial charge on any atom is -0.395 e. The van der Waals surface area contributed by atoms with Gasteiger partial charge in [0.2, 0.25) is 5.28 Å². The molecule has 2 rings (SSSR count). The third-order valence-electron chi connectivity index (χ3n) is 3.22. The first-order chi connectivity index (χ1) is 8.70. The molecule has 1 aliphatic heterocycles. The van der Waals surface area contributed by atoms with Crippen molar-refractivity contribution < 1.29 is 5.11 Å². The van der Waals surface area contributed by atoms with Gasteiger partial charge in [0.1, 0.15) is 5.82 Å². The van der Waals surface area contributed by atoms with Crippen molar-refractivity contribution in [1.29, 1.82) is 0 Å². The molecular formula is C12H19ClN4O. The summed E-state index contributed by atoms with van der Waals surface area (Å²) in [6, 6.07) is 0. The lowest BCUT2D eigenvalue weighted by atomic mass is 10.3. The summed E-state index contributed by atoms with van der Waals surface area (Å²) in [6.45, 7) is 6.82. The molecule has 0 aromatic carbocycles. The minimum atomic E-state index is 0.221. The lowest BCUT2D eigenvalue weighted by Crippen LogP contribution is -2.33. The summed E-state index contributed by atoms with van der Waals surface area (Å²) in [5, 5.41) is 9.28. The van der Waals surface area contributed by atoms with Crippen LogP contribution >= 0.6 is 11.6 Å². The second-order valence-corrected chi connectivity index (χ2v) is 4.89. The van der Waals surface area contributed by atoms with Crippen LogP contribution < -0.4 is 4.90 Å². The molecule has 1 aromatic heterocycles. The summed E-state index contributed by atoms with van der Waals surface area (Å²) in [5.74, 6) is 0.931. The molecule has 1 fully saturated rings. The number of hydrogen-bond acceptors (Lipinski definition) is 5. The molecular weight excluding hydrogens is 252 g/mol.